The van der Waals surface area contributed by atoms with Gasteiger partial charge in [0.05, 0.1) is 6.04 Å². The molecule has 0 aliphatic heterocycles. The number of rotatable bonds is 8. The lowest BCUT2D eigenvalue weighted by Crippen LogP contribution is -2.45. The third kappa shape index (κ3) is 4.99. The summed E-state index contributed by atoms with van der Waals surface area (Å²) in [5, 5.41) is 6.56. The number of nitrogens with one attached hydrogen (secondary N) is 1. The lowest BCUT2D eigenvalue weighted by molar-refractivity contribution is -0.120. The maximum Gasteiger partial charge on any atom is 0.235 e. The van der Waals surface area contributed by atoms with E-state index in [0.717, 1.165) is 5.56 Å². The molecule has 0 saturated heterocycles. The molecule has 1 amide bonds. The van der Waals surface area contributed by atoms with Crippen LogP contribution in [-0.4, -0.2) is 25.0 Å². The van der Waals surface area contributed by atoms with Crippen molar-refractivity contribution in [3.8, 4) is 0 Å². The van der Waals surface area contributed by atoms with Gasteiger partial charge in [-0.15, -0.1) is 0 Å². The highest BCUT2D eigenvalue weighted by molar-refractivity contribution is 5.81. The van der Waals surface area contributed by atoms with E-state index < -0.39 is 6.04 Å². The third-order valence-electron chi connectivity index (χ3n) is 2.99. The van der Waals surface area contributed by atoms with Gasteiger partial charge in [-0.25, -0.2) is 0 Å². The lowest BCUT2D eigenvalue weighted by Gasteiger charge is -2.22. The van der Waals surface area contributed by atoms with Crippen LogP contribution in [0.15, 0.2) is 35.4 Å². The Balaban J connectivity index is 2.57. The number of nitrogens with two attached hydrogens (primary N) is 1. The summed E-state index contributed by atoms with van der Waals surface area (Å²) in [5.74, 6) is -0.377. The van der Waals surface area contributed by atoms with Crippen LogP contribution in [-0.2, 0) is 4.79 Å². The molecule has 0 aliphatic carbocycles. The number of hydrogen-bond acceptors (Lipinski definition) is 3. The highest BCUT2D eigenvalue weighted by atomic mass is 16.1. The molecule has 0 saturated carbocycles. The molecule has 0 heterocycles. The molecule has 0 bridgehead atoms. The minimum absolute atomic E-state index is 0.00170. The maximum atomic E-state index is 11.5. The molecule has 1 aromatic rings. The van der Waals surface area contributed by atoms with Crippen LogP contribution >= 0.6 is 0 Å². The van der Waals surface area contributed by atoms with Crippen molar-refractivity contribution in [2.45, 2.75) is 25.3 Å². The number of benzene rings is 1. The monoisotopic (exact) mass is 261 g/mol. The Kier molecular flexibility index (Phi) is 6.43. The molecule has 1 aromatic carbocycles. The molecule has 6 nitrogen and oxygen atoms in total. The molecule has 2 unspecified atom stereocenters. The standard InChI is InChI=1S/C13H19N5O/c1-10(11-6-3-2-4-7-11)12(13(14)19)16-8-5-9-17-18-15/h2-4,6-7,10,12,16H,5,8-9H2,1H3,(H2,14,19). The van der Waals surface area contributed by atoms with E-state index in [1.54, 1.807) is 0 Å². The van der Waals surface area contributed by atoms with Crippen molar-refractivity contribution in [2.24, 2.45) is 10.8 Å². The van der Waals surface area contributed by atoms with Crippen molar-refractivity contribution in [3.63, 3.8) is 0 Å². The van der Waals surface area contributed by atoms with E-state index in [1.807, 2.05) is 37.3 Å². The van der Waals surface area contributed by atoms with Gasteiger partial charge in [0.1, 0.15) is 0 Å². The van der Waals surface area contributed by atoms with Crippen LogP contribution in [0.1, 0.15) is 24.8 Å². The summed E-state index contributed by atoms with van der Waals surface area (Å²) in [6, 6.07) is 9.33. The lowest BCUT2D eigenvalue weighted by atomic mass is 9.93. The number of carbonyl (C=O) groups excluding carboxylic acids is 1. The molecule has 6 heteroatoms. The van der Waals surface area contributed by atoms with Gasteiger partial charge >= 0.3 is 0 Å². The summed E-state index contributed by atoms with van der Waals surface area (Å²) >= 11 is 0. The van der Waals surface area contributed by atoms with Crippen LogP contribution in [0, 0.1) is 0 Å². The van der Waals surface area contributed by atoms with E-state index in [9.17, 15) is 4.79 Å². The molecule has 0 fully saturated rings. The fourth-order valence-electron chi connectivity index (χ4n) is 1.92. The zero-order valence-electron chi connectivity index (χ0n) is 11.0. The van der Waals surface area contributed by atoms with Crippen molar-refractivity contribution in [1.82, 2.24) is 5.32 Å². The van der Waals surface area contributed by atoms with Crippen LogP contribution in [0.2, 0.25) is 0 Å². The first-order chi connectivity index (χ1) is 9.16. The van der Waals surface area contributed by atoms with Gasteiger partial charge in [-0.05, 0) is 24.1 Å². The van der Waals surface area contributed by atoms with Crippen LogP contribution in [0.25, 0.3) is 10.4 Å². The second kappa shape index (κ2) is 8.13. The first kappa shape index (κ1) is 15.0. The van der Waals surface area contributed by atoms with Crippen molar-refractivity contribution < 1.29 is 4.79 Å². The molecule has 0 aromatic heterocycles. The van der Waals surface area contributed by atoms with Crippen LogP contribution in [0.4, 0.5) is 0 Å². The number of amides is 1. The van der Waals surface area contributed by atoms with E-state index in [4.69, 9.17) is 11.3 Å². The summed E-state index contributed by atoms with van der Waals surface area (Å²) < 4.78 is 0. The summed E-state index contributed by atoms with van der Waals surface area (Å²) in [5.41, 5.74) is 14.7. The molecule has 0 radical (unpaired) electrons. The number of nitrogens with zero attached hydrogens (tertiary/aromatic N) is 3. The van der Waals surface area contributed by atoms with Crippen molar-refractivity contribution >= 4 is 5.91 Å². The highest BCUT2D eigenvalue weighted by Gasteiger charge is 2.23. The third-order valence-corrected chi connectivity index (χ3v) is 2.99. The fourth-order valence-corrected chi connectivity index (χ4v) is 1.92. The maximum absolute atomic E-state index is 11.5. The number of azide groups is 1. The van der Waals surface area contributed by atoms with Crippen LogP contribution in [0.3, 0.4) is 0 Å². The SMILES string of the molecule is CC(c1ccccc1)C(NCCCN=[N+]=[N-])C(N)=O. The minimum Gasteiger partial charge on any atom is -0.368 e. The summed E-state index contributed by atoms with van der Waals surface area (Å²) in [7, 11) is 0. The normalized spacial score (nSPS) is 13.3. The van der Waals surface area contributed by atoms with Crippen molar-refractivity contribution in [2.75, 3.05) is 13.1 Å². The van der Waals surface area contributed by atoms with Crippen LogP contribution < -0.4 is 11.1 Å². The molecule has 0 spiro atoms. The quantitative estimate of drug-likeness (QED) is 0.323. The minimum atomic E-state index is -0.423. The van der Waals surface area contributed by atoms with Crippen molar-refractivity contribution in [1.29, 1.82) is 0 Å². The van der Waals surface area contributed by atoms with Gasteiger partial charge in [0.25, 0.3) is 0 Å². The van der Waals surface area contributed by atoms with E-state index in [0.29, 0.717) is 19.5 Å². The molecule has 102 valence electrons. The predicted octanol–water partition coefficient (Wildman–Crippen LogP) is 1.93. The summed E-state index contributed by atoms with van der Waals surface area (Å²) in [6.07, 6.45) is 0.676. The summed E-state index contributed by atoms with van der Waals surface area (Å²) in [4.78, 5) is 14.2. The molecule has 19 heavy (non-hydrogen) atoms. The Labute approximate surface area is 112 Å². The first-order valence-electron chi connectivity index (χ1n) is 6.25. The number of carbonyl (C=O) groups is 1. The summed E-state index contributed by atoms with van der Waals surface area (Å²) in [6.45, 7) is 2.96. The Morgan fingerprint density at radius 2 is 2.16 bits per heavy atom. The Morgan fingerprint density at radius 1 is 1.47 bits per heavy atom. The predicted molar refractivity (Wildman–Crippen MR) is 74.5 cm³/mol. The van der Waals surface area contributed by atoms with Gasteiger partial charge in [-0.3, -0.25) is 4.79 Å². The van der Waals surface area contributed by atoms with Crippen molar-refractivity contribution in [3.05, 3.63) is 46.3 Å². The molecule has 1 rings (SSSR count). The molecule has 0 aliphatic rings. The number of primary amides is 1. The molecular weight excluding hydrogens is 242 g/mol. The Morgan fingerprint density at radius 3 is 2.74 bits per heavy atom. The van der Waals surface area contributed by atoms with E-state index in [2.05, 4.69) is 15.3 Å². The van der Waals surface area contributed by atoms with Gasteiger partial charge in [0, 0.05) is 17.4 Å². The highest BCUT2D eigenvalue weighted by Crippen LogP contribution is 2.18. The van der Waals surface area contributed by atoms with E-state index in [-0.39, 0.29) is 11.8 Å². The van der Waals surface area contributed by atoms with Crippen LogP contribution in [0.5, 0.6) is 0 Å². The van der Waals surface area contributed by atoms with E-state index >= 15 is 0 Å². The zero-order chi connectivity index (χ0) is 14.1. The smallest absolute Gasteiger partial charge is 0.235 e. The second-order valence-corrected chi connectivity index (χ2v) is 4.34. The average Bonchev–Trinajstić information content (AvgIpc) is 2.43. The van der Waals surface area contributed by atoms with E-state index in [1.165, 1.54) is 0 Å². The molecule has 2 atom stereocenters. The van der Waals surface area contributed by atoms with Gasteiger partial charge < -0.3 is 11.1 Å². The molecule has 3 N–H and O–H groups in total. The average molecular weight is 261 g/mol. The van der Waals surface area contributed by atoms with Gasteiger partial charge in [-0.1, -0.05) is 42.4 Å². The Hall–Kier alpha value is -2.04. The second-order valence-electron chi connectivity index (χ2n) is 4.34. The zero-order valence-corrected chi connectivity index (χ0v) is 11.0. The number of hydrogen-bond donors (Lipinski definition) is 2. The molecular formula is C13H19N5O. The van der Waals surface area contributed by atoms with Gasteiger partial charge in [-0.2, -0.15) is 0 Å². The fraction of sp³-hybridized carbons (Fsp3) is 0.462. The Bertz CT molecular complexity index is 442. The van der Waals surface area contributed by atoms with Gasteiger partial charge in [0.2, 0.25) is 5.91 Å². The largest absolute Gasteiger partial charge is 0.368 e. The van der Waals surface area contributed by atoms with Gasteiger partial charge in [0.15, 0.2) is 0 Å². The first-order valence-corrected chi connectivity index (χ1v) is 6.25. The topological polar surface area (TPSA) is 104 Å².